The third-order valence-electron chi connectivity index (χ3n) is 1.88. The number of nitriles is 1. The molecule has 20 heavy (non-hydrogen) atoms. The SMILES string of the molecule is N#Cc1nc(OC(F)(F)F)cc(C(F)(F)F)c1C(F)F. The predicted molar refractivity (Wildman–Crippen MR) is 45.6 cm³/mol. The van der Waals surface area contributed by atoms with Crippen molar-refractivity contribution in [2.24, 2.45) is 0 Å². The van der Waals surface area contributed by atoms with Crippen molar-refractivity contribution < 1.29 is 39.9 Å². The Labute approximate surface area is 105 Å². The van der Waals surface area contributed by atoms with Crippen LogP contribution in [0, 0.1) is 11.3 Å². The van der Waals surface area contributed by atoms with Gasteiger partial charge in [0.15, 0.2) is 5.69 Å². The highest BCUT2D eigenvalue weighted by atomic mass is 19.4. The number of aromatic nitrogens is 1. The van der Waals surface area contributed by atoms with Crippen LogP contribution >= 0.6 is 0 Å². The van der Waals surface area contributed by atoms with Gasteiger partial charge in [0.2, 0.25) is 5.88 Å². The molecule has 110 valence electrons. The summed E-state index contributed by atoms with van der Waals surface area (Å²) in [5.74, 6) is -1.65. The van der Waals surface area contributed by atoms with Crippen molar-refractivity contribution in [2.75, 3.05) is 0 Å². The first kappa shape index (κ1) is 15.9. The molecule has 0 saturated heterocycles. The third-order valence-corrected chi connectivity index (χ3v) is 1.88. The topological polar surface area (TPSA) is 45.9 Å². The minimum absolute atomic E-state index is 0.337. The van der Waals surface area contributed by atoms with Crippen LogP contribution in [0.5, 0.6) is 5.88 Å². The van der Waals surface area contributed by atoms with E-state index in [1.165, 1.54) is 0 Å². The Hall–Kier alpha value is -2.12. The van der Waals surface area contributed by atoms with Gasteiger partial charge in [0.1, 0.15) is 6.07 Å². The second-order valence-electron chi connectivity index (χ2n) is 3.23. The number of alkyl halides is 8. The second kappa shape index (κ2) is 5.10. The van der Waals surface area contributed by atoms with E-state index in [1.54, 1.807) is 0 Å². The molecular formula is C9H2F8N2O. The fourth-order valence-corrected chi connectivity index (χ4v) is 1.24. The fraction of sp³-hybridized carbons (Fsp3) is 0.333. The molecule has 0 N–H and O–H groups in total. The van der Waals surface area contributed by atoms with E-state index in [4.69, 9.17) is 5.26 Å². The van der Waals surface area contributed by atoms with Gasteiger partial charge in [0.25, 0.3) is 6.43 Å². The zero-order valence-electron chi connectivity index (χ0n) is 8.98. The maximum atomic E-state index is 12.5. The summed E-state index contributed by atoms with van der Waals surface area (Å²) in [5.41, 5.74) is -5.40. The van der Waals surface area contributed by atoms with Crippen LogP contribution in [0.15, 0.2) is 6.07 Å². The summed E-state index contributed by atoms with van der Waals surface area (Å²) in [6.45, 7) is 0. The van der Waals surface area contributed by atoms with Crippen molar-refractivity contribution in [1.82, 2.24) is 4.98 Å². The standard InChI is InChI=1S/C9H2F8N2O/c10-7(11)6-3(8(12,13)14)1-5(19-4(6)2-18)20-9(15,16)17/h1,7H. The summed E-state index contributed by atoms with van der Waals surface area (Å²) in [7, 11) is 0. The van der Waals surface area contributed by atoms with E-state index in [-0.39, 0.29) is 6.07 Å². The monoisotopic (exact) mass is 306 g/mol. The first-order chi connectivity index (χ1) is 8.95. The lowest BCUT2D eigenvalue weighted by Gasteiger charge is -2.15. The minimum Gasteiger partial charge on any atom is -0.388 e. The molecule has 0 atom stereocenters. The fourth-order valence-electron chi connectivity index (χ4n) is 1.24. The molecule has 0 spiro atoms. The van der Waals surface area contributed by atoms with Crippen molar-refractivity contribution >= 4 is 0 Å². The molecule has 0 amide bonds. The smallest absolute Gasteiger partial charge is 0.388 e. The van der Waals surface area contributed by atoms with E-state index < -0.39 is 41.7 Å². The van der Waals surface area contributed by atoms with Gasteiger partial charge in [0.05, 0.1) is 11.1 Å². The highest BCUT2D eigenvalue weighted by molar-refractivity contribution is 5.43. The molecule has 0 fully saturated rings. The Balaban J connectivity index is 3.53. The molecule has 0 unspecified atom stereocenters. The van der Waals surface area contributed by atoms with Gasteiger partial charge in [0, 0.05) is 6.07 Å². The number of rotatable bonds is 2. The van der Waals surface area contributed by atoms with Gasteiger partial charge < -0.3 is 4.74 Å². The second-order valence-corrected chi connectivity index (χ2v) is 3.23. The molecule has 11 heteroatoms. The summed E-state index contributed by atoms with van der Waals surface area (Å²) in [5, 5.41) is 8.43. The van der Waals surface area contributed by atoms with Gasteiger partial charge in [-0.1, -0.05) is 0 Å². The molecule has 3 nitrogen and oxygen atoms in total. The van der Waals surface area contributed by atoms with E-state index in [1.807, 2.05) is 0 Å². The van der Waals surface area contributed by atoms with Gasteiger partial charge in [-0.05, 0) is 0 Å². The molecule has 0 aliphatic carbocycles. The summed E-state index contributed by atoms with van der Waals surface area (Å²) in [6.07, 6.45) is -14.5. The summed E-state index contributed by atoms with van der Waals surface area (Å²) >= 11 is 0. The van der Waals surface area contributed by atoms with E-state index in [0.717, 1.165) is 6.07 Å². The average molecular weight is 306 g/mol. The zero-order valence-corrected chi connectivity index (χ0v) is 8.98. The van der Waals surface area contributed by atoms with Crippen LogP contribution in [0.1, 0.15) is 23.2 Å². The van der Waals surface area contributed by atoms with Crippen molar-refractivity contribution in [2.45, 2.75) is 19.0 Å². The van der Waals surface area contributed by atoms with E-state index in [9.17, 15) is 35.1 Å². The van der Waals surface area contributed by atoms with Crippen molar-refractivity contribution in [1.29, 1.82) is 5.26 Å². The van der Waals surface area contributed by atoms with Gasteiger partial charge >= 0.3 is 12.5 Å². The van der Waals surface area contributed by atoms with Gasteiger partial charge in [-0.15, -0.1) is 13.2 Å². The van der Waals surface area contributed by atoms with Crippen LogP contribution < -0.4 is 4.74 Å². The summed E-state index contributed by atoms with van der Waals surface area (Å²) in [4.78, 5) is 2.69. The molecule has 0 radical (unpaired) electrons. The molecule has 1 aromatic rings. The first-order valence-electron chi connectivity index (χ1n) is 4.52. The molecule has 0 aliphatic rings. The zero-order chi connectivity index (χ0) is 15.7. The maximum Gasteiger partial charge on any atom is 0.574 e. The van der Waals surface area contributed by atoms with Crippen molar-refractivity contribution in [3.63, 3.8) is 0 Å². The van der Waals surface area contributed by atoms with Gasteiger partial charge in [-0.2, -0.15) is 18.4 Å². The van der Waals surface area contributed by atoms with E-state index >= 15 is 0 Å². The number of halogens is 8. The van der Waals surface area contributed by atoms with Crippen LogP contribution in [0.25, 0.3) is 0 Å². The minimum atomic E-state index is -5.40. The Morgan fingerprint density at radius 2 is 1.70 bits per heavy atom. The summed E-state index contributed by atoms with van der Waals surface area (Å²) < 4.78 is 101. The number of hydrogen-bond acceptors (Lipinski definition) is 3. The van der Waals surface area contributed by atoms with Crippen molar-refractivity contribution in [3.8, 4) is 11.9 Å². The molecule has 1 heterocycles. The predicted octanol–water partition coefficient (Wildman–Crippen LogP) is 3.81. The highest BCUT2D eigenvalue weighted by Gasteiger charge is 2.40. The molecule has 1 aromatic heterocycles. The Morgan fingerprint density at radius 3 is 2.05 bits per heavy atom. The average Bonchev–Trinajstić information content (AvgIpc) is 2.23. The first-order valence-corrected chi connectivity index (χ1v) is 4.52. The van der Waals surface area contributed by atoms with Crippen LogP contribution in [0.3, 0.4) is 0 Å². The van der Waals surface area contributed by atoms with E-state index in [0.29, 0.717) is 0 Å². The lowest BCUT2D eigenvalue weighted by molar-refractivity contribution is -0.276. The quantitative estimate of drug-likeness (QED) is 0.781. The Bertz CT molecular complexity index is 543. The maximum absolute atomic E-state index is 12.5. The molecular weight excluding hydrogens is 304 g/mol. The number of nitrogens with zero attached hydrogens (tertiary/aromatic N) is 2. The van der Waals surface area contributed by atoms with Crippen LogP contribution in [0.4, 0.5) is 35.1 Å². The lowest BCUT2D eigenvalue weighted by atomic mass is 10.1. The Kier molecular flexibility index (Phi) is 4.07. The number of ether oxygens (including phenoxy) is 1. The van der Waals surface area contributed by atoms with Gasteiger partial charge in [-0.25, -0.2) is 13.8 Å². The van der Waals surface area contributed by atoms with E-state index in [2.05, 4.69) is 9.72 Å². The third kappa shape index (κ3) is 3.69. The van der Waals surface area contributed by atoms with Crippen molar-refractivity contribution in [3.05, 3.63) is 22.9 Å². The number of hydrogen-bond donors (Lipinski definition) is 0. The molecule has 1 rings (SSSR count). The molecule has 0 saturated carbocycles. The van der Waals surface area contributed by atoms with Crippen LogP contribution in [0.2, 0.25) is 0 Å². The lowest BCUT2D eigenvalue weighted by Crippen LogP contribution is -2.20. The van der Waals surface area contributed by atoms with Crippen LogP contribution in [-0.2, 0) is 6.18 Å². The molecule has 0 aliphatic heterocycles. The molecule has 0 aromatic carbocycles. The normalized spacial score (nSPS) is 12.4. The van der Waals surface area contributed by atoms with Gasteiger partial charge in [-0.3, -0.25) is 0 Å². The number of pyridine rings is 1. The highest BCUT2D eigenvalue weighted by Crippen LogP contribution is 2.39. The largest absolute Gasteiger partial charge is 0.574 e. The van der Waals surface area contributed by atoms with Crippen LogP contribution in [-0.4, -0.2) is 11.3 Å². The molecule has 0 bridgehead atoms. The summed E-state index contributed by atoms with van der Waals surface area (Å²) in [6, 6.07) is 0.540. The Morgan fingerprint density at radius 1 is 1.15 bits per heavy atom.